The van der Waals surface area contributed by atoms with Gasteiger partial charge in [-0.05, 0) is 11.1 Å². The Labute approximate surface area is 96.2 Å². The molecule has 0 radical (unpaired) electrons. The van der Waals surface area contributed by atoms with Gasteiger partial charge in [-0.3, -0.25) is 0 Å². The van der Waals surface area contributed by atoms with E-state index in [1.54, 1.807) is 12.5 Å². The van der Waals surface area contributed by atoms with E-state index in [0.29, 0.717) is 6.54 Å². The zero-order valence-electron chi connectivity index (χ0n) is 8.61. The van der Waals surface area contributed by atoms with E-state index in [0.717, 1.165) is 11.1 Å². The Kier molecular flexibility index (Phi) is 3.48. The molecule has 16 heavy (non-hydrogen) atoms. The van der Waals surface area contributed by atoms with Gasteiger partial charge in [0.25, 0.3) is 0 Å². The van der Waals surface area contributed by atoms with E-state index in [4.69, 9.17) is 4.55 Å². The van der Waals surface area contributed by atoms with Crippen molar-refractivity contribution in [2.24, 2.45) is 0 Å². The summed E-state index contributed by atoms with van der Waals surface area (Å²) in [6.07, 6.45) is 5.31. The lowest BCUT2D eigenvalue weighted by atomic mass is 10.1. The summed E-state index contributed by atoms with van der Waals surface area (Å²) in [7, 11) is 0. The molecule has 1 N–H and O–H groups in total. The van der Waals surface area contributed by atoms with Crippen molar-refractivity contribution in [3.05, 3.63) is 54.1 Å². The number of hydrogen-bond donors (Lipinski definition) is 1. The quantitative estimate of drug-likeness (QED) is 0.821. The van der Waals surface area contributed by atoms with Gasteiger partial charge in [-0.2, -0.15) is 0 Å². The summed E-state index contributed by atoms with van der Waals surface area (Å²) in [4.78, 5) is 3.96. The second-order valence-corrected chi connectivity index (χ2v) is 4.40. The van der Waals surface area contributed by atoms with Crippen LogP contribution in [0.3, 0.4) is 0 Å². The number of imidazole rings is 1. The highest BCUT2D eigenvalue weighted by atomic mass is 32.2. The zero-order chi connectivity index (χ0) is 11.4. The summed E-state index contributed by atoms with van der Waals surface area (Å²) in [6.45, 7) is 0.674. The molecule has 0 saturated carbocycles. The Morgan fingerprint density at radius 3 is 2.69 bits per heavy atom. The van der Waals surface area contributed by atoms with Crippen molar-refractivity contribution in [1.29, 1.82) is 0 Å². The predicted molar refractivity (Wildman–Crippen MR) is 62.2 cm³/mol. The van der Waals surface area contributed by atoms with Crippen molar-refractivity contribution in [2.75, 3.05) is 0 Å². The normalized spacial score (nSPS) is 12.6. The minimum atomic E-state index is -1.80. The minimum Gasteiger partial charge on any atom is -0.333 e. The molecule has 5 heteroatoms. The van der Waals surface area contributed by atoms with E-state index >= 15 is 0 Å². The Morgan fingerprint density at radius 2 is 2.06 bits per heavy atom. The van der Waals surface area contributed by atoms with Crippen LogP contribution in [-0.4, -0.2) is 18.3 Å². The minimum absolute atomic E-state index is 0.171. The van der Waals surface area contributed by atoms with E-state index in [-0.39, 0.29) is 5.75 Å². The highest BCUT2D eigenvalue weighted by Gasteiger charge is 2.04. The molecule has 0 aliphatic heterocycles. The molecule has 0 bridgehead atoms. The van der Waals surface area contributed by atoms with Crippen LogP contribution in [0.4, 0.5) is 0 Å². The summed E-state index contributed by atoms with van der Waals surface area (Å²) in [5, 5.41) is 0. The molecule has 2 aromatic rings. The van der Waals surface area contributed by atoms with Crippen molar-refractivity contribution in [1.82, 2.24) is 9.55 Å². The van der Waals surface area contributed by atoms with Gasteiger partial charge >= 0.3 is 0 Å². The molecule has 1 aromatic carbocycles. The lowest BCUT2D eigenvalue weighted by Gasteiger charge is -2.08. The molecule has 1 atom stereocenters. The average Bonchev–Trinajstić information content (AvgIpc) is 2.73. The third-order valence-corrected chi connectivity index (χ3v) is 2.87. The van der Waals surface area contributed by atoms with Gasteiger partial charge in [0.05, 0.1) is 12.1 Å². The molecule has 0 spiro atoms. The first-order chi connectivity index (χ1) is 7.75. The van der Waals surface area contributed by atoms with Gasteiger partial charge in [0.1, 0.15) is 0 Å². The average molecular weight is 236 g/mol. The van der Waals surface area contributed by atoms with Gasteiger partial charge in [-0.15, -0.1) is 0 Å². The van der Waals surface area contributed by atoms with Crippen LogP contribution in [0, 0.1) is 0 Å². The van der Waals surface area contributed by atoms with E-state index < -0.39 is 11.1 Å². The predicted octanol–water partition coefficient (Wildman–Crippen LogP) is 1.65. The van der Waals surface area contributed by atoms with E-state index in [9.17, 15) is 4.21 Å². The monoisotopic (exact) mass is 236 g/mol. The fraction of sp³-hybridized carbons (Fsp3) is 0.182. The molecule has 1 heterocycles. The van der Waals surface area contributed by atoms with Crippen LogP contribution in [-0.2, 0) is 23.4 Å². The molecular formula is C11H12N2O2S. The van der Waals surface area contributed by atoms with Crippen molar-refractivity contribution >= 4 is 11.1 Å². The third kappa shape index (κ3) is 2.77. The van der Waals surface area contributed by atoms with Gasteiger partial charge in [-0.25, -0.2) is 9.19 Å². The summed E-state index contributed by atoms with van der Waals surface area (Å²) in [5.74, 6) is 0.171. The fourth-order valence-corrected chi connectivity index (χ4v) is 2.11. The van der Waals surface area contributed by atoms with E-state index in [2.05, 4.69) is 4.98 Å². The first-order valence-corrected chi connectivity index (χ1v) is 6.13. The molecule has 0 saturated heterocycles. The number of aromatic nitrogens is 2. The number of nitrogens with zero attached hydrogens (tertiary/aromatic N) is 2. The maximum absolute atomic E-state index is 10.8. The second kappa shape index (κ2) is 5.05. The summed E-state index contributed by atoms with van der Waals surface area (Å²) < 4.78 is 21.7. The number of hydrogen-bond acceptors (Lipinski definition) is 2. The number of benzene rings is 1. The molecule has 0 aliphatic carbocycles. The molecule has 2 rings (SSSR count). The van der Waals surface area contributed by atoms with Crippen molar-refractivity contribution in [3.63, 3.8) is 0 Å². The first kappa shape index (κ1) is 11.0. The number of rotatable bonds is 4. The molecule has 0 amide bonds. The Hall–Kier alpha value is -1.46. The Bertz CT molecular complexity index is 482. The van der Waals surface area contributed by atoms with Gasteiger partial charge in [0, 0.05) is 18.9 Å². The SMILES string of the molecule is O=S(O)Cc1ccccc1Cn1ccnc1. The lowest BCUT2D eigenvalue weighted by Crippen LogP contribution is -2.03. The van der Waals surface area contributed by atoms with Gasteiger partial charge < -0.3 is 9.12 Å². The maximum atomic E-state index is 10.8. The summed E-state index contributed by atoms with van der Waals surface area (Å²) in [5.41, 5.74) is 1.94. The van der Waals surface area contributed by atoms with Gasteiger partial charge in [0.15, 0.2) is 11.1 Å². The van der Waals surface area contributed by atoms with E-state index in [1.165, 1.54) is 0 Å². The summed E-state index contributed by atoms with van der Waals surface area (Å²) >= 11 is -1.80. The second-order valence-electron chi connectivity index (χ2n) is 3.47. The van der Waals surface area contributed by atoms with E-state index in [1.807, 2.05) is 35.0 Å². The first-order valence-electron chi connectivity index (χ1n) is 4.85. The standard InChI is InChI=1S/C11H12N2O2S/c14-16(15)8-11-4-2-1-3-10(11)7-13-6-5-12-9-13/h1-6,9H,7-8H2,(H,14,15). The molecule has 0 fully saturated rings. The van der Waals surface area contributed by atoms with Crippen LogP contribution in [0.1, 0.15) is 11.1 Å². The van der Waals surface area contributed by atoms with Crippen LogP contribution in [0.15, 0.2) is 43.0 Å². The zero-order valence-corrected chi connectivity index (χ0v) is 9.43. The molecule has 1 unspecified atom stereocenters. The molecule has 1 aromatic heterocycles. The van der Waals surface area contributed by atoms with Gasteiger partial charge in [0.2, 0.25) is 0 Å². The Morgan fingerprint density at radius 1 is 1.31 bits per heavy atom. The topological polar surface area (TPSA) is 55.1 Å². The smallest absolute Gasteiger partial charge is 0.157 e. The van der Waals surface area contributed by atoms with Crippen molar-refractivity contribution in [2.45, 2.75) is 12.3 Å². The lowest BCUT2D eigenvalue weighted by molar-refractivity contribution is 0.563. The van der Waals surface area contributed by atoms with Crippen LogP contribution < -0.4 is 0 Å². The highest BCUT2D eigenvalue weighted by Crippen LogP contribution is 2.12. The molecule has 4 nitrogen and oxygen atoms in total. The van der Waals surface area contributed by atoms with Crippen LogP contribution >= 0.6 is 0 Å². The van der Waals surface area contributed by atoms with Crippen molar-refractivity contribution < 1.29 is 8.76 Å². The van der Waals surface area contributed by atoms with Crippen LogP contribution in [0.2, 0.25) is 0 Å². The fourth-order valence-electron chi connectivity index (χ4n) is 1.56. The largest absolute Gasteiger partial charge is 0.333 e. The van der Waals surface area contributed by atoms with Gasteiger partial charge in [-0.1, -0.05) is 24.3 Å². The Balaban J connectivity index is 2.22. The molecule has 84 valence electrons. The third-order valence-electron chi connectivity index (χ3n) is 2.31. The van der Waals surface area contributed by atoms with Crippen LogP contribution in [0.5, 0.6) is 0 Å². The summed E-state index contributed by atoms with van der Waals surface area (Å²) in [6, 6.07) is 7.64. The molecule has 0 aliphatic rings. The maximum Gasteiger partial charge on any atom is 0.157 e. The van der Waals surface area contributed by atoms with Crippen LogP contribution in [0.25, 0.3) is 0 Å². The van der Waals surface area contributed by atoms with Crippen molar-refractivity contribution in [3.8, 4) is 0 Å². The molecular weight excluding hydrogens is 224 g/mol. The highest BCUT2D eigenvalue weighted by molar-refractivity contribution is 7.78.